The Kier molecular flexibility index (Phi) is 57.4. The molecule has 10 nitrogen and oxygen atoms in total. The first-order valence-corrected chi connectivity index (χ1v) is 21.0. The Morgan fingerprint density at radius 1 is 0.565 bits per heavy atom. The molecule has 0 rings (SSSR count). The van der Waals surface area contributed by atoms with E-state index in [1.165, 1.54) is 55.8 Å². The first-order chi connectivity index (χ1) is 28.9. The number of allylic oxidation sites excluding steroid dienone is 13. The number of hydrogen-bond donors (Lipinski definition) is 0. The summed E-state index contributed by atoms with van der Waals surface area (Å²) in [5, 5.41) is 0. The third-order valence-corrected chi connectivity index (χ3v) is 7.75. The van der Waals surface area contributed by atoms with Gasteiger partial charge in [0.15, 0.2) is 0 Å². The fourth-order valence-electron chi connectivity index (χ4n) is 4.67. The van der Waals surface area contributed by atoms with Crippen LogP contribution in [-0.4, -0.2) is 83.6 Å². The van der Waals surface area contributed by atoms with Gasteiger partial charge in [-0.25, -0.2) is 19.2 Å². The van der Waals surface area contributed by atoms with Crippen LogP contribution in [0.4, 0.5) is 4.79 Å². The van der Waals surface area contributed by atoms with Gasteiger partial charge in [0.2, 0.25) is 0 Å². The Hall–Kier alpha value is -5.19. The molecule has 0 aromatic carbocycles. The molecule has 0 spiro atoms. The average molecular weight is 865 g/mol. The van der Waals surface area contributed by atoms with Crippen molar-refractivity contribution in [2.75, 3.05) is 27.9 Å². The second kappa shape index (κ2) is 52.0. The fourth-order valence-corrected chi connectivity index (χ4v) is 4.67. The van der Waals surface area contributed by atoms with Gasteiger partial charge in [-0.15, -0.1) is 0 Å². The Morgan fingerprint density at radius 3 is 1.24 bits per heavy atom. The monoisotopic (exact) mass is 865 g/mol. The highest BCUT2D eigenvalue weighted by Crippen LogP contribution is 2.09. The van der Waals surface area contributed by atoms with Crippen LogP contribution in [0.1, 0.15) is 133 Å². The van der Waals surface area contributed by atoms with E-state index < -0.39 is 5.97 Å². The molecule has 0 aromatic heterocycles. The number of ether oxygens (including phenoxy) is 4. The van der Waals surface area contributed by atoms with Crippen molar-refractivity contribution >= 4 is 38.7 Å². The molecule has 0 fully saturated rings. The molecule has 0 bridgehead atoms. The molecule has 1 amide bonds. The van der Waals surface area contributed by atoms with E-state index in [2.05, 4.69) is 80.7 Å². The van der Waals surface area contributed by atoms with Crippen LogP contribution in [0.3, 0.4) is 0 Å². The number of nitrogens with zero attached hydrogens (tertiary/aromatic N) is 1. The lowest BCUT2D eigenvalue weighted by Gasteiger charge is -2.29. The highest BCUT2D eigenvalue weighted by molar-refractivity contribution is 5.82. The Morgan fingerprint density at radius 2 is 0.935 bits per heavy atom. The second-order valence-corrected chi connectivity index (χ2v) is 14.0. The van der Waals surface area contributed by atoms with Crippen molar-refractivity contribution in [1.82, 2.24) is 4.90 Å². The van der Waals surface area contributed by atoms with Gasteiger partial charge >= 0.3 is 24.0 Å². The van der Waals surface area contributed by atoms with Crippen LogP contribution in [-0.2, 0) is 38.1 Å². The SMILES string of the molecule is C=C/C=C(\C)CC/C=C/C(=O)OC.C=C/C=C(\C)CC/C=C/COC(=O)N(C(C)C)C(C)C.C=CC(=O)OC.CC/C=C(\C)CC/C=C/C(=O)OC.CC/C=C(\C)CCC=O.[B]. The first-order valence-electron chi connectivity index (χ1n) is 21.0. The molecule has 3 radical (unpaired) electrons. The van der Waals surface area contributed by atoms with Crippen LogP contribution >= 0.6 is 0 Å². The van der Waals surface area contributed by atoms with Gasteiger partial charge in [0.1, 0.15) is 12.9 Å². The second-order valence-electron chi connectivity index (χ2n) is 14.0. The minimum Gasteiger partial charge on any atom is -0.466 e. The number of carbonyl (C=O) groups excluding carboxylic acids is 5. The fraction of sp³-hybridized carbons (Fsp3) is 0.510. The zero-order chi connectivity index (χ0) is 47.9. The predicted molar refractivity (Wildman–Crippen MR) is 262 cm³/mol. The number of hydrogen-bond acceptors (Lipinski definition) is 9. The van der Waals surface area contributed by atoms with Gasteiger partial charge < -0.3 is 28.6 Å². The molecule has 0 saturated heterocycles. The molecule has 0 N–H and O–H groups in total. The molecule has 0 aliphatic heterocycles. The normalized spacial score (nSPS) is 11.3. The minimum atomic E-state index is -0.394. The molecular formula is C51H83BNO9. The van der Waals surface area contributed by atoms with Crippen molar-refractivity contribution in [2.24, 2.45) is 0 Å². The van der Waals surface area contributed by atoms with E-state index in [1.807, 2.05) is 71.1 Å². The summed E-state index contributed by atoms with van der Waals surface area (Å²) in [7, 11) is 4.06. The molecule has 0 heterocycles. The van der Waals surface area contributed by atoms with Crippen molar-refractivity contribution in [3.8, 4) is 0 Å². The van der Waals surface area contributed by atoms with Crippen molar-refractivity contribution in [3.63, 3.8) is 0 Å². The number of methoxy groups -OCH3 is 3. The summed E-state index contributed by atoms with van der Waals surface area (Å²) in [5.74, 6) is -0.975. The largest absolute Gasteiger partial charge is 0.466 e. The number of amides is 1. The van der Waals surface area contributed by atoms with Gasteiger partial charge in [-0.2, -0.15) is 0 Å². The predicted octanol–water partition coefficient (Wildman–Crippen LogP) is 12.5. The van der Waals surface area contributed by atoms with Gasteiger partial charge in [0.25, 0.3) is 0 Å². The lowest BCUT2D eigenvalue weighted by Crippen LogP contribution is -2.42. The zero-order valence-electron chi connectivity index (χ0n) is 40.8. The van der Waals surface area contributed by atoms with E-state index >= 15 is 0 Å². The summed E-state index contributed by atoms with van der Waals surface area (Å²) >= 11 is 0. The summed E-state index contributed by atoms with van der Waals surface area (Å²) in [6.45, 7) is 31.2. The van der Waals surface area contributed by atoms with Gasteiger partial charge in [0.05, 0.1) is 21.3 Å². The van der Waals surface area contributed by atoms with Gasteiger partial charge in [0, 0.05) is 45.1 Å². The molecule has 0 aliphatic rings. The molecular weight excluding hydrogens is 781 g/mol. The van der Waals surface area contributed by atoms with E-state index in [9.17, 15) is 24.0 Å². The molecule has 0 aromatic rings. The van der Waals surface area contributed by atoms with Gasteiger partial charge in [-0.3, -0.25) is 0 Å². The summed E-state index contributed by atoms with van der Waals surface area (Å²) in [6, 6.07) is 0.302. The maximum atomic E-state index is 11.9. The first kappa shape index (κ1) is 68.5. The molecule has 0 unspecified atom stereocenters. The van der Waals surface area contributed by atoms with E-state index in [4.69, 9.17) is 4.74 Å². The quantitative estimate of drug-likeness (QED) is 0.0188. The van der Waals surface area contributed by atoms with E-state index in [1.54, 1.807) is 17.1 Å². The average Bonchev–Trinajstić information content (AvgIpc) is 3.22. The summed E-state index contributed by atoms with van der Waals surface area (Å²) in [5.41, 5.74) is 5.25. The Balaban J connectivity index is -0.000000166. The maximum Gasteiger partial charge on any atom is 0.410 e. The van der Waals surface area contributed by atoms with Crippen LogP contribution in [0.5, 0.6) is 0 Å². The number of esters is 3. The van der Waals surface area contributed by atoms with Crippen molar-refractivity contribution in [3.05, 3.63) is 121 Å². The highest BCUT2D eigenvalue weighted by atomic mass is 16.6. The minimum absolute atomic E-state index is 0. The summed E-state index contributed by atoms with van der Waals surface area (Å²) < 4.78 is 18.3. The Labute approximate surface area is 379 Å². The topological polar surface area (TPSA) is 126 Å². The summed E-state index contributed by atoms with van der Waals surface area (Å²) in [6.07, 6.45) is 33.7. The highest BCUT2D eigenvalue weighted by Gasteiger charge is 2.20. The molecule has 11 heteroatoms. The van der Waals surface area contributed by atoms with Crippen molar-refractivity contribution < 1.29 is 42.9 Å². The smallest absolute Gasteiger partial charge is 0.410 e. The van der Waals surface area contributed by atoms with Crippen molar-refractivity contribution in [1.29, 1.82) is 0 Å². The number of rotatable bonds is 23. The number of carbonyl (C=O) groups is 5. The Bertz CT molecular complexity index is 1420. The van der Waals surface area contributed by atoms with Gasteiger partial charge in [-0.1, -0.05) is 117 Å². The van der Waals surface area contributed by atoms with E-state index in [0.29, 0.717) is 13.0 Å². The van der Waals surface area contributed by atoms with Crippen LogP contribution in [0.2, 0.25) is 0 Å². The third-order valence-electron chi connectivity index (χ3n) is 7.75. The van der Waals surface area contributed by atoms with Crippen LogP contribution in [0.25, 0.3) is 0 Å². The molecule has 0 saturated carbocycles. The molecule has 62 heavy (non-hydrogen) atoms. The summed E-state index contributed by atoms with van der Waals surface area (Å²) in [4.78, 5) is 54.7. The standard InChI is InChI=1S/C17H29NO2.C11H18O2.C11H16O2.C8H14O.C4H6O2.B/c1-7-11-16(6)12-9-8-10-13-20-17(19)18(14(2)3)15(4)5;2*1-4-7-10(2)8-5-6-9-11(12)13-3;1-3-5-8(2)6-4-7-9;1-3-4(5)6-2;/h7-8,10-11,14-15H,1,9,12-13H2,2-6H3;6-7,9H,4-5,8H2,1-3H3;4,6-7,9H,1,5,8H2,2-3H3;5,7H,3-4,6H2,1-2H3;3H,1H2,2H3;/b10-8+,16-11+;2*9-6+,10-7+;8-5+;;. The van der Waals surface area contributed by atoms with Gasteiger partial charge in [-0.05, 0) is 113 Å². The third kappa shape index (κ3) is 54.8. The lowest BCUT2D eigenvalue weighted by atomic mass is 10.1. The molecule has 349 valence electrons. The molecule has 0 aliphatic carbocycles. The zero-order valence-corrected chi connectivity index (χ0v) is 40.8. The molecule has 0 atom stereocenters. The lowest BCUT2D eigenvalue weighted by molar-refractivity contribution is -0.135. The van der Waals surface area contributed by atoms with E-state index in [0.717, 1.165) is 70.1 Å². The van der Waals surface area contributed by atoms with Crippen LogP contribution < -0.4 is 0 Å². The van der Waals surface area contributed by atoms with Crippen LogP contribution in [0, 0.1) is 0 Å². The van der Waals surface area contributed by atoms with E-state index in [-0.39, 0.29) is 38.5 Å². The van der Waals surface area contributed by atoms with Crippen molar-refractivity contribution in [2.45, 2.75) is 146 Å². The number of aldehydes is 1. The van der Waals surface area contributed by atoms with Crippen LogP contribution in [0.15, 0.2) is 121 Å². The maximum absolute atomic E-state index is 11.9.